The summed E-state index contributed by atoms with van der Waals surface area (Å²) < 4.78 is 33.4. The van der Waals surface area contributed by atoms with Crippen molar-refractivity contribution in [2.45, 2.75) is 4.90 Å². The predicted octanol–water partition coefficient (Wildman–Crippen LogP) is 4.93. The van der Waals surface area contributed by atoms with Crippen molar-refractivity contribution in [1.82, 2.24) is 0 Å². The van der Waals surface area contributed by atoms with Crippen molar-refractivity contribution in [3.05, 3.63) is 83.9 Å². The van der Waals surface area contributed by atoms with E-state index in [0.717, 1.165) is 0 Å². The summed E-state index contributed by atoms with van der Waals surface area (Å²) in [6.07, 6.45) is 0. The highest BCUT2D eigenvalue weighted by atomic mass is 35.5. The Morgan fingerprint density at radius 3 is 2.29 bits per heavy atom. The fraction of sp³-hybridized carbons (Fsp3) is 0. The molecule has 0 aliphatic carbocycles. The standard InChI is InChI=1S/C18H14ClNO3S/c19-14-7-6-10-16(13-14)24(21,22)20-17-11-4-5-12-18(17)23-15-8-2-1-3-9-15/h1-13,20H. The molecule has 0 bridgehead atoms. The molecule has 0 saturated heterocycles. The summed E-state index contributed by atoms with van der Waals surface area (Å²) in [6, 6.07) is 22.1. The molecule has 0 heterocycles. The molecule has 0 unspecified atom stereocenters. The van der Waals surface area contributed by atoms with Gasteiger partial charge in [0.25, 0.3) is 10.0 Å². The zero-order valence-electron chi connectivity index (χ0n) is 12.5. The molecule has 0 fully saturated rings. The maximum Gasteiger partial charge on any atom is 0.262 e. The second-order valence-electron chi connectivity index (χ2n) is 4.97. The van der Waals surface area contributed by atoms with Crippen LogP contribution in [0.4, 0.5) is 5.69 Å². The van der Waals surface area contributed by atoms with Gasteiger partial charge in [-0.3, -0.25) is 4.72 Å². The first-order valence-electron chi connectivity index (χ1n) is 7.15. The van der Waals surface area contributed by atoms with E-state index in [1.54, 1.807) is 48.5 Å². The van der Waals surface area contributed by atoms with Crippen molar-refractivity contribution in [2.75, 3.05) is 4.72 Å². The van der Waals surface area contributed by atoms with E-state index in [1.165, 1.54) is 12.1 Å². The van der Waals surface area contributed by atoms with Crippen molar-refractivity contribution in [3.8, 4) is 11.5 Å². The summed E-state index contributed by atoms with van der Waals surface area (Å²) in [4.78, 5) is 0.0875. The lowest BCUT2D eigenvalue weighted by Crippen LogP contribution is -2.13. The fourth-order valence-corrected chi connectivity index (χ4v) is 3.46. The number of anilines is 1. The first kappa shape index (κ1) is 16.4. The molecular formula is C18H14ClNO3S. The fourth-order valence-electron chi connectivity index (χ4n) is 2.09. The smallest absolute Gasteiger partial charge is 0.262 e. The quantitative estimate of drug-likeness (QED) is 0.702. The van der Waals surface area contributed by atoms with Crippen molar-refractivity contribution in [2.24, 2.45) is 0 Å². The van der Waals surface area contributed by atoms with Gasteiger partial charge in [-0.25, -0.2) is 8.42 Å². The van der Waals surface area contributed by atoms with Crippen molar-refractivity contribution >= 4 is 27.3 Å². The summed E-state index contributed by atoms with van der Waals surface area (Å²) in [5, 5.41) is 0.353. The average Bonchev–Trinajstić information content (AvgIpc) is 2.57. The second-order valence-corrected chi connectivity index (χ2v) is 7.09. The van der Waals surface area contributed by atoms with E-state index in [1.807, 2.05) is 18.2 Å². The molecule has 0 aliphatic heterocycles. The van der Waals surface area contributed by atoms with Crippen LogP contribution in [0.3, 0.4) is 0 Å². The Morgan fingerprint density at radius 1 is 0.833 bits per heavy atom. The molecule has 3 aromatic rings. The maximum atomic E-state index is 12.5. The third-order valence-corrected chi connectivity index (χ3v) is 4.81. The Balaban J connectivity index is 1.90. The van der Waals surface area contributed by atoms with Crippen LogP contribution in [-0.2, 0) is 10.0 Å². The third kappa shape index (κ3) is 3.88. The molecule has 0 saturated carbocycles. The lowest BCUT2D eigenvalue weighted by Gasteiger charge is -2.13. The molecule has 0 spiro atoms. The molecule has 3 rings (SSSR count). The largest absolute Gasteiger partial charge is 0.455 e. The molecule has 0 amide bonds. The summed E-state index contributed by atoms with van der Waals surface area (Å²) in [7, 11) is -3.77. The van der Waals surface area contributed by atoms with E-state index in [-0.39, 0.29) is 4.90 Å². The highest BCUT2D eigenvalue weighted by molar-refractivity contribution is 7.92. The van der Waals surface area contributed by atoms with Crippen LogP contribution in [0.2, 0.25) is 5.02 Å². The first-order chi connectivity index (χ1) is 11.5. The summed E-state index contributed by atoms with van der Waals surface area (Å²) >= 11 is 5.88. The molecular weight excluding hydrogens is 346 g/mol. The Bertz CT molecular complexity index is 943. The molecule has 1 N–H and O–H groups in total. The average molecular weight is 360 g/mol. The predicted molar refractivity (Wildman–Crippen MR) is 95.2 cm³/mol. The van der Waals surface area contributed by atoms with Gasteiger partial charge in [0.1, 0.15) is 5.75 Å². The van der Waals surface area contributed by atoms with Gasteiger partial charge in [0, 0.05) is 5.02 Å². The van der Waals surface area contributed by atoms with Gasteiger partial charge in [0.2, 0.25) is 0 Å². The van der Waals surface area contributed by atoms with Crippen LogP contribution in [0.25, 0.3) is 0 Å². The molecule has 0 atom stereocenters. The first-order valence-corrected chi connectivity index (χ1v) is 9.01. The number of sulfonamides is 1. The highest BCUT2D eigenvalue weighted by Gasteiger charge is 2.17. The normalized spacial score (nSPS) is 11.0. The third-order valence-electron chi connectivity index (χ3n) is 3.21. The summed E-state index contributed by atoms with van der Waals surface area (Å²) in [5.41, 5.74) is 0.348. The van der Waals surface area contributed by atoms with E-state index >= 15 is 0 Å². The van der Waals surface area contributed by atoms with Crippen LogP contribution in [0.15, 0.2) is 83.8 Å². The Morgan fingerprint density at radius 2 is 1.54 bits per heavy atom. The topological polar surface area (TPSA) is 55.4 Å². The SMILES string of the molecule is O=S(=O)(Nc1ccccc1Oc1ccccc1)c1cccc(Cl)c1. The molecule has 4 nitrogen and oxygen atoms in total. The molecule has 6 heteroatoms. The van der Waals surface area contributed by atoms with Crippen LogP contribution in [0.1, 0.15) is 0 Å². The Kier molecular flexibility index (Phi) is 4.74. The number of para-hydroxylation sites is 3. The number of halogens is 1. The van der Waals surface area contributed by atoms with Gasteiger partial charge >= 0.3 is 0 Å². The van der Waals surface area contributed by atoms with Gasteiger partial charge in [0.15, 0.2) is 5.75 Å². The number of ether oxygens (including phenoxy) is 1. The van der Waals surface area contributed by atoms with Gasteiger partial charge in [0.05, 0.1) is 10.6 Å². The lowest BCUT2D eigenvalue weighted by atomic mass is 10.3. The summed E-state index contributed by atoms with van der Waals surface area (Å²) in [5.74, 6) is 1.03. The number of rotatable bonds is 5. The van der Waals surface area contributed by atoms with E-state index < -0.39 is 10.0 Å². The number of benzene rings is 3. The van der Waals surface area contributed by atoms with Crippen LogP contribution in [-0.4, -0.2) is 8.42 Å². The zero-order valence-corrected chi connectivity index (χ0v) is 14.1. The van der Waals surface area contributed by atoms with Crippen LogP contribution in [0, 0.1) is 0 Å². The van der Waals surface area contributed by atoms with Gasteiger partial charge in [-0.15, -0.1) is 0 Å². The van der Waals surface area contributed by atoms with Crippen molar-refractivity contribution in [1.29, 1.82) is 0 Å². The van der Waals surface area contributed by atoms with Gasteiger partial charge in [-0.05, 0) is 42.5 Å². The van der Waals surface area contributed by atoms with Crippen LogP contribution >= 0.6 is 11.6 Å². The molecule has 122 valence electrons. The number of hydrogen-bond donors (Lipinski definition) is 1. The van der Waals surface area contributed by atoms with E-state index in [4.69, 9.17) is 16.3 Å². The second kappa shape index (κ2) is 6.95. The molecule has 24 heavy (non-hydrogen) atoms. The minimum absolute atomic E-state index is 0.0875. The van der Waals surface area contributed by atoms with Gasteiger partial charge in [-0.2, -0.15) is 0 Å². The monoisotopic (exact) mass is 359 g/mol. The minimum atomic E-state index is -3.77. The molecule has 0 aliphatic rings. The van der Waals surface area contributed by atoms with Gasteiger partial charge < -0.3 is 4.74 Å². The van der Waals surface area contributed by atoms with E-state index in [0.29, 0.717) is 22.2 Å². The molecule has 0 radical (unpaired) electrons. The molecule has 0 aromatic heterocycles. The summed E-state index contributed by atoms with van der Waals surface area (Å²) in [6.45, 7) is 0. The highest BCUT2D eigenvalue weighted by Crippen LogP contribution is 2.31. The van der Waals surface area contributed by atoms with Gasteiger partial charge in [-0.1, -0.05) is 48.0 Å². The number of nitrogens with one attached hydrogen (secondary N) is 1. The van der Waals surface area contributed by atoms with Crippen molar-refractivity contribution < 1.29 is 13.2 Å². The van der Waals surface area contributed by atoms with E-state index in [9.17, 15) is 8.42 Å². The minimum Gasteiger partial charge on any atom is -0.455 e. The lowest BCUT2D eigenvalue weighted by molar-refractivity contribution is 0.485. The molecule has 3 aromatic carbocycles. The Hall–Kier alpha value is -2.50. The van der Waals surface area contributed by atoms with Crippen LogP contribution < -0.4 is 9.46 Å². The van der Waals surface area contributed by atoms with Crippen molar-refractivity contribution in [3.63, 3.8) is 0 Å². The van der Waals surface area contributed by atoms with Crippen LogP contribution in [0.5, 0.6) is 11.5 Å². The van der Waals surface area contributed by atoms with E-state index in [2.05, 4.69) is 4.72 Å². The zero-order chi connectivity index (χ0) is 17.0. The number of hydrogen-bond acceptors (Lipinski definition) is 3. The maximum absolute atomic E-state index is 12.5. The Labute approximate surface area is 145 Å².